The van der Waals surface area contributed by atoms with Crippen molar-refractivity contribution in [3.8, 4) is 11.8 Å². The van der Waals surface area contributed by atoms with Gasteiger partial charge >= 0.3 is 0 Å². The van der Waals surface area contributed by atoms with Gasteiger partial charge in [-0.15, -0.1) is 0 Å². The first kappa shape index (κ1) is 10.6. The van der Waals surface area contributed by atoms with E-state index in [0.717, 1.165) is 11.3 Å². The van der Waals surface area contributed by atoms with Crippen LogP contribution in [-0.2, 0) is 0 Å². The van der Waals surface area contributed by atoms with Gasteiger partial charge in [0.05, 0.1) is 16.4 Å². The van der Waals surface area contributed by atoms with Crippen LogP contribution >= 0.6 is 11.6 Å². The van der Waals surface area contributed by atoms with Crippen LogP contribution in [0.2, 0.25) is 5.02 Å². The second kappa shape index (κ2) is 3.92. The van der Waals surface area contributed by atoms with Gasteiger partial charge in [0.15, 0.2) is 0 Å². The number of halogens is 1. The number of hydrogen-bond acceptors (Lipinski definition) is 2. The fraction of sp³-hybridized carbons (Fsp3) is 0.0833. The Bertz CT molecular complexity index is 578. The molecule has 3 nitrogen and oxygen atoms in total. The summed E-state index contributed by atoms with van der Waals surface area (Å²) in [5.41, 5.74) is 8.69. The number of nitrogen functional groups attached to an aromatic ring is 1. The number of nitrogens with two attached hydrogens (primary N) is 1. The lowest BCUT2D eigenvalue weighted by Gasteiger charge is -2.10. The van der Waals surface area contributed by atoms with Crippen molar-refractivity contribution >= 4 is 17.3 Å². The third kappa shape index (κ3) is 1.64. The Hall–Kier alpha value is -1.92. The Morgan fingerprint density at radius 1 is 1.44 bits per heavy atom. The van der Waals surface area contributed by atoms with Crippen molar-refractivity contribution in [3.63, 3.8) is 0 Å². The molecule has 0 bridgehead atoms. The third-order valence-electron chi connectivity index (χ3n) is 2.44. The van der Waals surface area contributed by atoms with E-state index in [4.69, 9.17) is 22.6 Å². The molecule has 0 aliphatic rings. The van der Waals surface area contributed by atoms with Crippen LogP contribution in [0.1, 0.15) is 11.3 Å². The highest BCUT2D eigenvalue weighted by atomic mass is 35.5. The predicted octanol–water partition coefficient (Wildman–Crippen LogP) is 2.89. The molecular formula is C12H10ClN3. The number of anilines is 1. The van der Waals surface area contributed by atoms with E-state index in [-0.39, 0.29) is 0 Å². The smallest absolute Gasteiger partial charge is 0.124 e. The van der Waals surface area contributed by atoms with E-state index < -0.39 is 0 Å². The first-order valence-corrected chi connectivity index (χ1v) is 5.14. The van der Waals surface area contributed by atoms with Gasteiger partial charge in [0.2, 0.25) is 0 Å². The molecule has 1 aromatic heterocycles. The van der Waals surface area contributed by atoms with E-state index >= 15 is 0 Å². The van der Waals surface area contributed by atoms with Gasteiger partial charge in [-0.2, -0.15) is 5.26 Å². The summed E-state index contributed by atoms with van der Waals surface area (Å²) in [4.78, 5) is 0. The minimum atomic E-state index is 0.498. The summed E-state index contributed by atoms with van der Waals surface area (Å²) in [5, 5.41) is 9.45. The van der Waals surface area contributed by atoms with E-state index in [9.17, 15) is 0 Å². The van der Waals surface area contributed by atoms with Gasteiger partial charge in [0.1, 0.15) is 11.8 Å². The highest BCUT2D eigenvalue weighted by Crippen LogP contribution is 2.26. The second-order valence-electron chi connectivity index (χ2n) is 3.54. The van der Waals surface area contributed by atoms with Gasteiger partial charge in [-0.05, 0) is 36.8 Å². The van der Waals surface area contributed by atoms with Crippen LogP contribution in [-0.4, -0.2) is 4.57 Å². The number of aromatic nitrogens is 1. The molecule has 0 aliphatic heterocycles. The average molecular weight is 232 g/mol. The molecule has 0 aliphatic carbocycles. The van der Waals surface area contributed by atoms with Gasteiger partial charge in [0.25, 0.3) is 0 Å². The highest BCUT2D eigenvalue weighted by Gasteiger charge is 2.08. The van der Waals surface area contributed by atoms with Crippen molar-refractivity contribution in [3.05, 3.63) is 46.7 Å². The zero-order valence-corrected chi connectivity index (χ0v) is 9.49. The first-order valence-electron chi connectivity index (χ1n) is 4.77. The Balaban J connectivity index is 2.66. The molecule has 2 rings (SSSR count). The molecule has 0 saturated heterocycles. The predicted molar refractivity (Wildman–Crippen MR) is 64.6 cm³/mol. The fourth-order valence-electron chi connectivity index (χ4n) is 1.63. The van der Waals surface area contributed by atoms with E-state index in [1.54, 1.807) is 22.8 Å². The maximum absolute atomic E-state index is 8.95. The fourth-order valence-corrected chi connectivity index (χ4v) is 1.79. The highest BCUT2D eigenvalue weighted by molar-refractivity contribution is 6.33. The number of hydrogen-bond donors (Lipinski definition) is 1. The molecule has 0 fully saturated rings. The van der Waals surface area contributed by atoms with Gasteiger partial charge in [-0.1, -0.05) is 11.6 Å². The van der Waals surface area contributed by atoms with E-state index in [0.29, 0.717) is 16.4 Å². The lowest BCUT2D eigenvalue weighted by molar-refractivity contribution is 1.04. The van der Waals surface area contributed by atoms with Crippen molar-refractivity contribution in [2.24, 2.45) is 0 Å². The van der Waals surface area contributed by atoms with Crippen molar-refractivity contribution < 1.29 is 0 Å². The lowest BCUT2D eigenvalue weighted by Crippen LogP contribution is -1.99. The van der Waals surface area contributed by atoms with Gasteiger partial charge in [-0.25, -0.2) is 0 Å². The summed E-state index contributed by atoms with van der Waals surface area (Å²) in [5.74, 6) is 0. The summed E-state index contributed by atoms with van der Waals surface area (Å²) in [7, 11) is 0. The molecule has 16 heavy (non-hydrogen) atoms. The number of nitriles is 1. The SMILES string of the molecule is Cc1cc(N)c(Cl)cc1-n1cccc1C#N. The monoisotopic (exact) mass is 231 g/mol. The largest absolute Gasteiger partial charge is 0.398 e. The molecule has 4 heteroatoms. The number of aryl methyl sites for hydroxylation is 1. The number of benzene rings is 1. The molecule has 0 unspecified atom stereocenters. The summed E-state index contributed by atoms with van der Waals surface area (Å²) >= 11 is 5.98. The Labute approximate surface area is 98.7 Å². The molecule has 0 amide bonds. The molecule has 0 spiro atoms. The summed E-state index contributed by atoms with van der Waals surface area (Å²) in [6.07, 6.45) is 1.83. The molecule has 2 aromatic rings. The Morgan fingerprint density at radius 3 is 2.88 bits per heavy atom. The van der Waals surface area contributed by atoms with E-state index in [1.165, 1.54) is 0 Å². The standard InChI is InChI=1S/C12H10ClN3/c1-8-5-11(15)10(13)6-12(8)16-4-2-3-9(16)7-14/h2-6H,15H2,1H3. The van der Waals surface area contributed by atoms with Gasteiger partial charge in [0, 0.05) is 6.20 Å². The van der Waals surface area contributed by atoms with Crippen molar-refractivity contribution in [1.82, 2.24) is 4.57 Å². The number of rotatable bonds is 1. The molecule has 0 radical (unpaired) electrons. The normalized spacial score (nSPS) is 10.1. The minimum Gasteiger partial charge on any atom is -0.398 e. The summed E-state index contributed by atoms with van der Waals surface area (Å²) in [6, 6.07) is 9.27. The van der Waals surface area contributed by atoms with Gasteiger partial charge < -0.3 is 10.3 Å². The summed E-state index contributed by atoms with van der Waals surface area (Å²) in [6.45, 7) is 1.93. The first-order chi connectivity index (χ1) is 7.63. The van der Waals surface area contributed by atoms with Gasteiger partial charge in [-0.3, -0.25) is 0 Å². The quantitative estimate of drug-likeness (QED) is 0.768. The maximum Gasteiger partial charge on any atom is 0.124 e. The van der Waals surface area contributed by atoms with Crippen molar-refractivity contribution in [2.75, 3.05) is 5.73 Å². The van der Waals surface area contributed by atoms with Crippen LogP contribution in [0.5, 0.6) is 0 Å². The number of nitrogens with zero attached hydrogens (tertiary/aromatic N) is 2. The van der Waals surface area contributed by atoms with Crippen LogP contribution in [0.15, 0.2) is 30.5 Å². The molecule has 80 valence electrons. The van der Waals surface area contributed by atoms with E-state index in [1.807, 2.05) is 19.2 Å². The molecular weight excluding hydrogens is 222 g/mol. The molecule has 2 N–H and O–H groups in total. The third-order valence-corrected chi connectivity index (χ3v) is 2.77. The van der Waals surface area contributed by atoms with Crippen molar-refractivity contribution in [2.45, 2.75) is 6.92 Å². The molecule has 0 saturated carbocycles. The zero-order valence-electron chi connectivity index (χ0n) is 8.74. The lowest BCUT2D eigenvalue weighted by atomic mass is 10.1. The average Bonchev–Trinajstić information content (AvgIpc) is 2.71. The van der Waals surface area contributed by atoms with Crippen LogP contribution in [0, 0.1) is 18.3 Å². The van der Waals surface area contributed by atoms with Crippen LogP contribution in [0.4, 0.5) is 5.69 Å². The topological polar surface area (TPSA) is 54.7 Å². The van der Waals surface area contributed by atoms with Crippen LogP contribution in [0.3, 0.4) is 0 Å². The minimum absolute atomic E-state index is 0.498. The Morgan fingerprint density at radius 2 is 2.19 bits per heavy atom. The van der Waals surface area contributed by atoms with Crippen LogP contribution in [0.25, 0.3) is 5.69 Å². The molecule has 1 heterocycles. The second-order valence-corrected chi connectivity index (χ2v) is 3.94. The maximum atomic E-state index is 8.95. The summed E-state index contributed by atoms with van der Waals surface area (Å²) < 4.78 is 1.79. The Kier molecular flexibility index (Phi) is 2.59. The molecule has 1 aromatic carbocycles. The van der Waals surface area contributed by atoms with E-state index in [2.05, 4.69) is 6.07 Å². The van der Waals surface area contributed by atoms with Crippen molar-refractivity contribution in [1.29, 1.82) is 5.26 Å². The zero-order chi connectivity index (χ0) is 11.7. The molecule has 0 atom stereocenters. The van der Waals surface area contributed by atoms with Crippen LogP contribution < -0.4 is 5.73 Å².